The minimum Gasteiger partial charge on any atom is -0.508 e. The first kappa shape index (κ1) is 10.6. The Bertz CT molecular complexity index is 448. The van der Waals surface area contributed by atoms with Gasteiger partial charge in [0.25, 0.3) is 0 Å². The minimum atomic E-state index is 0.255. The number of nitrogens with zero attached hydrogens (tertiary/aromatic N) is 2. The van der Waals surface area contributed by atoms with Gasteiger partial charge < -0.3 is 5.11 Å². The second kappa shape index (κ2) is 4.75. The summed E-state index contributed by atoms with van der Waals surface area (Å²) >= 11 is 0. The Morgan fingerprint density at radius 1 is 1.00 bits per heavy atom. The number of hydrogen-bond donors (Lipinski definition) is 1. The average Bonchev–Trinajstić information content (AvgIpc) is 2.32. The molecule has 1 N–H and O–H groups in total. The van der Waals surface area contributed by atoms with E-state index >= 15 is 0 Å². The van der Waals surface area contributed by atoms with Crippen LogP contribution in [-0.2, 0) is 6.42 Å². The van der Waals surface area contributed by atoms with Gasteiger partial charge in [-0.15, -0.1) is 0 Å². The summed E-state index contributed by atoms with van der Waals surface area (Å²) < 4.78 is 0. The molecule has 0 amide bonds. The lowest BCUT2D eigenvalue weighted by Gasteiger charge is -2.01. The van der Waals surface area contributed by atoms with Crippen molar-refractivity contribution in [1.29, 1.82) is 0 Å². The van der Waals surface area contributed by atoms with Crippen molar-refractivity contribution in [3.63, 3.8) is 0 Å². The van der Waals surface area contributed by atoms with Gasteiger partial charge in [0.1, 0.15) is 5.75 Å². The zero-order valence-electron chi connectivity index (χ0n) is 8.93. The molecule has 0 atom stereocenters. The number of hydrogen-bond acceptors (Lipinski definition) is 3. The van der Waals surface area contributed by atoms with Crippen molar-refractivity contribution in [3.05, 3.63) is 49.0 Å². The normalized spacial score (nSPS) is 10.3. The Kier molecular flexibility index (Phi) is 3.15. The Labute approximate surface area is 94.8 Å². The lowest BCUT2D eigenvalue weighted by molar-refractivity contribution is 0.475. The first-order valence-electron chi connectivity index (χ1n) is 5.21. The third-order valence-corrected chi connectivity index (χ3v) is 2.32. The van der Waals surface area contributed by atoms with Gasteiger partial charge in [0.05, 0.1) is 11.4 Å². The largest absolute Gasteiger partial charge is 0.508 e. The zero-order chi connectivity index (χ0) is 11.4. The van der Waals surface area contributed by atoms with Crippen LogP contribution < -0.4 is 0 Å². The Hall–Kier alpha value is -1.90. The first-order valence-corrected chi connectivity index (χ1v) is 5.21. The summed E-state index contributed by atoms with van der Waals surface area (Å²) in [5.74, 6) is 0.255. The summed E-state index contributed by atoms with van der Waals surface area (Å²) in [7, 11) is 0. The van der Waals surface area contributed by atoms with Gasteiger partial charge in [-0.25, -0.2) is 0 Å². The van der Waals surface area contributed by atoms with Crippen LogP contribution in [0, 0.1) is 6.92 Å². The fourth-order valence-electron chi connectivity index (χ4n) is 1.46. The molecule has 0 saturated heterocycles. The Morgan fingerprint density at radius 2 is 1.75 bits per heavy atom. The predicted octanol–water partition coefficient (Wildman–Crippen LogP) is 2.62. The molecule has 2 aromatic rings. The molecular formula is C13H13N2O. The number of phenolic OH excluding ortho intramolecular Hbond substituents is 1. The molecule has 0 aliphatic heterocycles. The molecule has 3 nitrogen and oxygen atoms in total. The van der Waals surface area contributed by atoms with Crippen LogP contribution in [0.5, 0.6) is 5.75 Å². The maximum atomic E-state index is 9.17. The third kappa shape index (κ3) is 2.37. The molecule has 0 bridgehead atoms. The van der Waals surface area contributed by atoms with Gasteiger partial charge in [0, 0.05) is 5.56 Å². The van der Waals surface area contributed by atoms with E-state index < -0.39 is 0 Å². The van der Waals surface area contributed by atoms with E-state index in [0.717, 1.165) is 29.8 Å². The molecule has 0 saturated carbocycles. The molecule has 0 fully saturated rings. The number of aryl methyl sites for hydroxylation is 1. The summed E-state index contributed by atoms with van der Waals surface area (Å²) in [6.07, 6.45) is 1.68. The van der Waals surface area contributed by atoms with Crippen molar-refractivity contribution >= 4 is 0 Å². The van der Waals surface area contributed by atoms with E-state index in [1.807, 2.05) is 24.3 Å². The van der Waals surface area contributed by atoms with Crippen LogP contribution in [0.15, 0.2) is 36.4 Å². The molecule has 0 aliphatic rings. The molecule has 81 valence electrons. The van der Waals surface area contributed by atoms with Crippen molar-refractivity contribution in [2.45, 2.75) is 12.8 Å². The molecule has 0 aliphatic carbocycles. The van der Waals surface area contributed by atoms with Crippen molar-refractivity contribution in [1.82, 2.24) is 10.2 Å². The Balaban J connectivity index is 2.24. The highest BCUT2D eigenvalue weighted by molar-refractivity contribution is 5.59. The molecule has 3 heteroatoms. The molecule has 1 aromatic carbocycles. The highest BCUT2D eigenvalue weighted by atomic mass is 16.3. The average molecular weight is 213 g/mol. The van der Waals surface area contributed by atoms with E-state index in [-0.39, 0.29) is 5.75 Å². The van der Waals surface area contributed by atoms with E-state index in [2.05, 4.69) is 17.1 Å². The van der Waals surface area contributed by atoms with Gasteiger partial charge in [0.15, 0.2) is 0 Å². The molecule has 2 rings (SSSR count). The highest BCUT2D eigenvalue weighted by Crippen LogP contribution is 2.19. The standard InChI is InChI=1S/C13H13N2O/c1-2-3-11-6-9-13(15-14-11)10-4-7-12(16)8-5-10/h4-9,16H,1-3H2. The van der Waals surface area contributed by atoms with Crippen LogP contribution >= 0.6 is 0 Å². The van der Waals surface area contributed by atoms with E-state index in [9.17, 15) is 5.11 Å². The second-order valence-electron chi connectivity index (χ2n) is 3.56. The number of aromatic hydroxyl groups is 1. The molecule has 1 radical (unpaired) electrons. The second-order valence-corrected chi connectivity index (χ2v) is 3.56. The van der Waals surface area contributed by atoms with Crippen LogP contribution in [0.25, 0.3) is 11.3 Å². The van der Waals surface area contributed by atoms with E-state index in [1.54, 1.807) is 12.1 Å². The smallest absolute Gasteiger partial charge is 0.115 e. The topological polar surface area (TPSA) is 46.0 Å². The molecule has 0 spiro atoms. The van der Waals surface area contributed by atoms with Gasteiger partial charge in [0.2, 0.25) is 0 Å². The fourth-order valence-corrected chi connectivity index (χ4v) is 1.46. The van der Waals surface area contributed by atoms with Crippen molar-refractivity contribution < 1.29 is 5.11 Å². The summed E-state index contributed by atoms with van der Waals surface area (Å²) in [6, 6.07) is 10.8. The number of rotatable bonds is 3. The highest BCUT2D eigenvalue weighted by Gasteiger charge is 2.00. The van der Waals surface area contributed by atoms with Crippen LogP contribution in [-0.4, -0.2) is 15.3 Å². The number of benzene rings is 1. The first-order chi connectivity index (χ1) is 7.79. The zero-order valence-corrected chi connectivity index (χ0v) is 8.93. The van der Waals surface area contributed by atoms with Gasteiger partial charge in [-0.05, 0) is 49.2 Å². The molecule has 1 heterocycles. The Morgan fingerprint density at radius 3 is 2.31 bits per heavy atom. The monoisotopic (exact) mass is 213 g/mol. The van der Waals surface area contributed by atoms with Crippen LogP contribution in [0.4, 0.5) is 0 Å². The molecule has 16 heavy (non-hydrogen) atoms. The van der Waals surface area contributed by atoms with Crippen molar-refractivity contribution in [2.24, 2.45) is 0 Å². The fraction of sp³-hybridized carbons (Fsp3) is 0.154. The van der Waals surface area contributed by atoms with Crippen LogP contribution in [0.3, 0.4) is 0 Å². The van der Waals surface area contributed by atoms with E-state index in [4.69, 9.17) is 0 Å². The van der Waals surface area contributed by atoms with Crippen molar-refractivity contribution in [2.75, 3.05) is 0 Å². The van der Waals surface area contributed by atoms with Gasteiger partial charge >= 0.3 is 0 Å². The SMILES string of the molecule is [CH2]CCc1ccc(-c2ccc(O)cc2)nn1. The summed E-state index contributed by atoms with van der Waals surface area (Å²) in [4.78, 5) is 0. The van der Waals surface area contributed by atoms with Crippen LogP contribution in [0.2, 0.25) is 0 Å². The lowest BCUT2D eigenvalue weighted by atomic mass is 10.1. The number of phenols is 1. The molecule has 0 unspecified atom stereocenters. The van der Waals surface area contributed by atoms with Gasteiger partial charge in [-0.1, -0.05) is 6.92 Å². The molecule has 1 aromatic heterocycles. The minimum absolute atomic E-state index is 0.255. The third-order valence-electron chi connectivity index (χ3n) is 2.32. The van der Waals surface area contributed by atoms with E-state index in [1.165, 1.54) is 0 Å². The predicted molar refractivity (Wildman–Crippen MR) is 62.8 cm³/mol. The number of aromatic nitrogens is 2. The van der Waals surface area contributed by atoms with Gasteiger partial charge in [-0.3, -0.25) is 0 Å². The maximum Gasteiger partial charge on any atom is 0.115 e. The summed E-state index contributed by atoms with van der Waals surface area (Å²) in [5.41, 5.74) is 2.72. The quantitative estimate of drug-likeness (QED) is 0.852. The van der Waals surface area contributed by atoms with Crippen molar-refractivity contribution in [3.8, 4) is 17.0 Å². The van der Waals surface area contributed by atoms with Gasteiger partial charge in [-0.2, -0.15) is 10.2 Å². The summed E-state index contributed by atoms with van der Waals surface area (Å²) in [6.45, 7) is 3.78. The van der Waals surface area contributed by atoms with E-state index in [0.29, 0.717) is 0 Å². The van der Waals surface area contributed by atoms with Crippen LogP contribution in [0.1, 0.15) is 12.1 Å². The summed E-state index contributed by atoms with van der Waals surface area (Å²) in [5, 5.41) is 17.4. The maximum absolute atomic E-state index is 9.17. The molecular weight excluding hydrogens is 200 g/mol. The lowest BCUT2D eigenvalue weighted by Crippen LogP contribution is -1.93.